The summed E-state index contributed by atoms with van der Waals surface area (Å²) in [5.41, 5.74) is 2.38. The van der Waals surface area contributed by atoms with E-state index in [4.69, 9.17) is 9.47 Å². The number of hydrogen-bond acceptors (Lipinski definition) is 4. The molecule has 1 aromatic heterocycles. The van der Waals surface area contributed by atoms with Crippen LogP contribution >= 0.6 is 0 Å². The van der Waals surface area contributed by atoms with Gasteiger partial charge in [0, 0.05) is 12.6 Å². The highest BCUT2D eigenvalue weighted by molar-refractivity contribution is 5.98. The topological polar surface area (TPSA) is 48.4 Å². The molecule has 1 aliphatic carbocycles. The molecule has 4 heteroatoms. The quantitative estimate of drug-likeness (QED) is 0.777. The first-order valence-corrected chi connectivity index (χ1v) is 7.10. The van der Waals surface area contributed by atoms with Crippen molar-refractivity contribution in [3.63, 3.8) is 0 Å². The van der Waals surface area contributed by atoms with Crippen LogP contribution in [0.4, 0.5) is 0 Å². The van der Waals surface area contributed by atoms with Crippen LogP contribution in [0.25, 0.3) is 5.57 Å². The Kier molecular flexibility index (Phi) is 3.57. The van der Waals surface area contributed by atoms with Gasteiger partial charge >= 0.3 is 5.97 Å². The van der Waals surface area contributed by atoms with Crippen LogP contribution in [0.5, 0.6) is 0 Å². The van der Waals surface area contributed by atoms with Crippen LogP contribution in [0.2, 0.25) is 0 Å². The third kappa shape index (κ3) is 2.36. The average molecular weight is 273 g/mol. The number of methoxy groups -OCH3 is 1. The van der Waals surface area contributed by atoms with Crippen molar-refractivity contribution in [1.82, 2.24) is 4.98 Å². The molecular formula is C16H19NO3. The Balaban J connectivity index is 2.00. The third-order valence-corrected chi connectivity index (χ3v) is 4.31. The molecule has 1 fully saturated rings. The lowest BCUT2D eigenvalue weighted by Crippen LogP contribution is -2.36. The highest BCUT2D eigenvalue weighted by Gasteiger charge is 2.41. The minimum Gasteiger partial charge on any atom is -0.466 e. The van der Waals surface area contributed by atoms with E-state index in [-0.39, 0.29) is 11.6 Å². The Morgan fingerprint density at radius 2 is 2.15 bits per heavy atom. The maximum atomic E-state index is 12.0. The Morgan fingerprint density at radius 1 is 1.35 bits per heavy atom. The number of carbonyl (C=O) groups is 1. The Morgan fingerprint density at radius 3 is 2.80 bits per heavy atom. The van der Waals surface area contributed by atoms with Gasteiger partial charge in [-0.2, -0.15) is 0 Å². The summed E-state index contributed by atoms with van der Waals surface area (Å²) in [5, 5.41) is 0. The number of esters is 1. The first kappa shape index (κ1) is 13.3. The van der Waals surface area contributed by atoms with Gasteiger partial charge < -0.3 is 9.47 Å². The van der Waals surface area contributed by atoms with Crippen molar-refractivity contribution >= 4 is 11.5 Å². The SMILES string of the molecule is COC(=O)C1=C(c2ccccn2)CC2(CCCC2)OC1. The second-order valence-corrected chi connectivity index (χ2v) is 5.52. The molecule has 1 aliphatic heterocycles. The van der Waals surface area contributed by atoms with Crippen LogP contribution in [-0.4, -0.2) is 30.3 Å². The van der Waals surface area contributed by atoms with Crippen molar-refractivity contribution in [1.29, 1.82) is 0 Å². The molecule has 0 bridgehead atoms. The predicted molar refractivity (Wildman–Crippen MR) is 74.9 cm³/mol. The summed E-state index contributed by atoms with van der Waals surface area (Å²) in [6, 6.07) is 5.78. The van der Waals surface area contributed by atoms with Crippen molar-refractivity contribution in [2.24, 2.45) is 0 Å². The fourth-order valence-corrected chi connectivity index (χ4v) is 3.22. The van der Waals surface area contributed by atoms with Crippen molar-refractivity contribution < 1.29 is 14.3 Å². The van der Waals surface area contributed by atoms with Crippen LogP contribution < -0.4 is 0 Å². The summed E-state index contributed by atoms with van der Waals surface area (Å²) in [6.45, 7) is 0.332. The molecule has 0 aromatic carbocycles. The average Bonchev–Trinajstić information content (AvgIpc) is 2.95. The van der Waals surface area contributed by atoms with E-state index < -0.39 is 0 Å². The second-order valence-electron chi connectivity index (χ2n) is 5.52. The largest absolute Gasteiger partial charge is 0.466 e. The maximum Gasteiger partial charge on any atom is 0.336 e. The third-order valence-electron chi connectivity index (χ3n) is 4.31. The van der Waals surface area contributed by atoms with Gasteiger partial charge in [0.15, 0.2) is 0 Å². The summed E-state index contributed by atoms with van der Waals surface area (Å²) >= 11 is 0. The first-order chi connectivity index (χ1) is 9.74. The van der Waals surface area contributed by atoms with E-state index in [2.05, 4.69) is 4.98 Å². The van der Waals surface area contributed by atoms with Crippen molar-refractivity contribution in [2.45, 2.75) is 37.7 Å². The van der Waals surface area contributed by atoms with Crippen LogP contribution in [0.1, 0.15) is 37.8 Å². The van der Waals surface area contributed by atoms with Crippen LogP contribution in [-0.2, 0) is 14.3 Å². The first-order valence-electron chi connectivity index (χ1n) is 7.10. The number of hydrogen-bond donors (Lipinski definition) is 0. The summed E-state index contributed by atoms with van der Waals surface area (Å²) in [4.78, 5) is 16.4. The number of ether oxygens (including phenoxy) is 2. The zero-order valence-electron chi connectivity index (χ0n) is 11.7. The van der Waals surface area contributed by atoms with Crippen LogP contribution in [0.15, 0.2) is 30.0 Å². The van der Waals surface area contributed by atoms with E-state index in [0.29, 0.717) is 12.2 Å². The number of rotatable bonds is 2. The fourth-order valence-electron chi connectivity index (χ4n) is 3.22. The zero-order chi connectivity index (χ0) is 14.0. The monoisotopic (exact) mass is 273 g/mol. The molecule has 0 radical (unpaired) electrons. The zero-order valence-corrected chi connectivity index (χ0v) is 11.7. The van der Waals surface area contributed by atoms with Gasteiger partial charge in [-0.1, -0.05) is 18.9 Å². The molecule has 0 unspecified atom stereocenters. The molecule has 3 rings (SSSR count). The molecule has 20 heavy (non-hydrogen) atoms. The van der Waals surface area contributed by atoms with E-state index in [0.717, 1.165) is 30.5 Å². The van der Waals surface area contributed by atoms with E-state index in [1.807, 2.05) is 18.2 Å². The van der Waals surface area contributed by atoms with E-state index in [9.17, 15) is 4.79 Å². The predicted octanol–water partition coefficient (Wildman–Crippen LogP) is 2.74. The van der Waals surface area contributed by atoms with Gasteiger partial charge in [-0.15, -0.1) is 0 Å². The minimum atomic E-state index is -0.307. The number of pyridine rings is 1. The maximum absolute atomic E-state index is 12.0. The van der Waals surface area contributed by atoms with Crippen LogP contribution in [0, 0.1) is 0 Å². The Hall–Kier alpha value is -1.68. The fraction of sp³-hybridized carbons (Fsp3) is 0.500. The lowest BCUT2D eigenvalue weighted by molar-refractivity contribution is -0.138. The summed E-state index contributed by atoms with van der Waals surface area (Å²) < 4.78 is 10.9. The van der Waals surface area contributed by atoms with E-state index >= 15 is 0 Å². The van der Waals surface area contributed by atoms with Gasteiger partial charge in [0.25, 0.3) is 0 Å². The lowest BCUT2D eigenvalue weighted by Gasteiger charge is -2.35. The summed E-state index contributed by atoms with van der Waals surface area (Å²) in [6.07, 6.45) is 7.05. The number of carbonyl (C=O) groups excluding carboxylic acids is 1. The van der Waals surface area contributed by atoms with Crippen molar-refractivity contribution in [3.05, 3.63) is 35.7 Å². The molecule has 0 saturated heterocycles. The lowest BCUT2D eigenvalue weighted by atomic mass is 9.86. The number of aromatic nitrogens is 1. The van der Waals surface area contributed by atoms with Crippen molar-refractivity contribution in [2.75, 3.05) is 13.7 Å². The molecule has 0 amide bonds. The molecule has 2 heterocycles. The standard InChI is InChI=1S/C16H19NO3/c1-19-15(18)13-11-20-16(7-3-4-8-16)10-12(13)14-6-2-5-9-17-14/h2,5-6,9H,3-4,7-8,10-11H2,1H3. The molecule has 1 spiro atoms. The minimum absolute atomic E-state index is 0.0929. The molecule has 4 nitrogen and oxygen atoms in total. The van der Waals surface area contributed by atoms with Gasteiger partial charge in [-0.3, -0.25) is 4.98 Å². The highest BCUT2D eigenvalue weighted by Crippen LogP contribution is 2.44. The highest BCUT2D eigenvalue weighted by atomic mass is 16.5. The van der Waals surface area contributed by atoms with Gasteiger partial charge in [0.05, 0.1) is 30.6 Å². The van der Waals surface area contributed by atoms with Crippen LogP contribution in [0.3, 0.4) is 0 Å². The molecule has 1 saturated carbocycles. The molecule has 0 N–H and O–H groups in total. The van der Waals surface area contributed by atoms with Gasteiger partial charge in [0.2, 0.25) is 0 Å². The van der Waals surface area contributed by atoms with Crippen molar-refractivity contribution in [3.8, 4) is 0 Å². The van der Waals surface area contributed by atoms with Gasteiger partial charge in [-0.25, -0.2) is 4.79 Å². The number of nitrogens with zero attached hydrogens (tertiary/aromatic N) is 1. The Bertz CT molecular complexity index is 530. The van der Waals surface area contributed by atoms with Gasteiger partial charge in [0.1, 0.15) is 0 Å². The Labute approximate surface area is 118 Å². The molecule has 1 aromatic rings. The second kappa shape index (κ2) is 5.37. The van der Waals surface area contributed by atoms with E-state index in [1.165, 1.54) is 20.0 Å². The molecule has 0 atom stereocenters. The smallest absolute Gasteiger partial charge is 0.336 e. The molecule has 2 aliphatic rings. The summed E-state index contributed by atoms with van der Waals surface area (Å²) in [7, 11) is 1.41. The van der Waals surface area contributed by atoms with Gasteiger partial charge in [-0.05, 0) is 30.5 Å². The van der Waals surface area contributed by atoms with E-state index in [1.54, 1.807) is 6.20 Å². The summed E-state index contributed by atoms with van der Waals surface area (Å²) in [5.74, 6) is -0.307. The molecule has 106 valence electrons. The molecular weight excluding hydrogens is 254 g/mol. The normalized spacial score (nSPS) is 21.2.